The quantitative estimate of drug-likeness (QED) is 0.192. The molecule has 7 nitrogen and oxygen atoms in total. The van der Waals surface area contributed by atoms with E-state index < -0.39 is 40.6 Å². The van der Waals surface area contributed by atoms with E-state index in [0.717, 1.165) is 23.1 Å². The van der Waals surface area contributed by atoms with Crippen molar-refractivity contribution in [2.24, 2.45) is 0 Å². The molecule has 1 saturated heterocycles. The van der Waals surface area contributed by atoms with Gasteiger partial charge in [-0.3, -0.25) is 14.5 Å². The second-order valence-electron chi connectivity index (χ2n) is 14.8. The number of carbonyl (C=O) groups excluding carboxylic acids is 2. The van der Waals surface area contributed by atoms with Gasteiger partial charge in [-0.2, -0.15) is 18.4 Å². The van der Waals surface area contributed by atoms with Crippen molar-refractivity contribution in [1.82, 2.24) is 5.32 Å². The Morgan fingerprint density at radius 3 is 1.09 bits per heavy atom. The molecule has 1 aliphatic heterocycles. The minimum atomic E-state index is -4.80. The van der Waals surface area contributed by atoms with Crippen molar-refractivity contribution in [3.8, 4) is 326 Å². The number of nitrogens with one attached hydrogen (secondary N) is 1. The largest absolute Gasteiger partial charge is 0.407 e. The Bertz CT molecular complexity index is 5130. The molecule has 1 heterocycles. The number of hydrogen-bond acceptors (Lipinski definition) is 4. The number of nitriles is 1. The standard InChI is InChI=1S/C55HN.C23H18F4N4O2S/c1-2-3-4-5-6-7-8-9-10-11-12-13-14-15-16-17-18-19-20-21-22-23-24-25-26-27-28-29-30-31-32-33-34-35-36-37-38-39-40-41-42-43-44-45-46-47-48-49-50-51-52-53-54-55-56;1-28-18-8-6-13(11-16(18)23(25,26)27)30-20(33)22(9-3-4-10-22)31(21(30)34)14-5-7-15(17(24)12-14)19(32)29-2/h1H;5-8,11-12H,3-4,9-10H2,2H3,(H,29,32). The van der Waals surface area contributed by atoms with Gasteiger partial charge in [0.1, 0.15) is 11.4 Å². The molecule has 90 heavy (non-hydrogen) atoms. The fourth-order valence-electron chi connectivity index (χ4n) is 6.23. The van der Waals surface area contributed by atoms with E-state index in [9.17, 15) is 27.2 Å². The van der Waals surface area contributed by atoms with E-state index in [1.807, 2.05) is 0 Å². The van der Waals surface area contributed by atoms with E-state index in [0.29, 0.717) is 25.7 Å². The van der Waals surface area contributed by atoms with E-state index in [4.69, 9.17) is 30.5 Å². The predicted octanol–water partition coefficient (Wildman–Crippen LogP) is 5.44. The number of nitrogens with zero attached hydrogens (tertiary/aromatic N) is 4. The van der Waals surface area contributed by atoms with Crippen LogP contribution in [0, 0.1) is 344 Å². The summed E-state index contributed by atoms with van der Waals surface area (Å²) in [4.78, 5) is 30.9. The van der Waals surface area contributed by atoms with Gasteiger partial charge in [-0.1, -0.05) is 18.9 Å². The first-order chi connectivity index (χ1) is 44.0. The van der Waals surface area contributed by atoms with Gasteiger partial charge in [0, 0.05) is 285 Å². The van der Waals surface area contributed by atoms with Crippen LogP contribution in [0.1, 0.15) is 41.6 Å². The maximum atomic E-state index is 14.7. The molecular weight excluding hydrogens is 1150 g/mol. The second-order valence-corrected chi connectivity index (χ2v) is 15.2. The van der Waals surface area contributed by atoms with Gasteiger partial charge in [-0.25, -0.2) is 9.24 Å². The number of alkyl halides is 3. The molecule has 0 unspecified atom stereocenters. The van der Waals surface area contributed by atoms with Gasteiger partial charge in [0.15, 0.2) is 16.9 Å². The molecule has 12 heteroatoms. The third kappa shape index (κ3) is 26.1. The predicted molar refractivity (Wildman–Crippen MR) is 338 cm³/mol. The van der Waals surface area contributed by atoms with Crippen molar-refractivity contribution >= 4 is 46.2 Å². The summed E-state index contributed by atoms with van der Waals surface area (Å²) in [5.41, 5.74) is -3.02. The first-order valence-corrected chi connectivity index (χ1v) is 24.5. The van der Waals surface area contributed by atoms with Crippen LogP contribution in [0.15, 0.2) is 36.4 Å². The van der Waals surface area contributed by atoms with E-state index in [1.54, 1.807) is 6.07 Å². The zero-order valence-electron chi connectivity index (χ0n) is 45.9. The van der Waals surface area contributed by atoms with Gasteiger partial charge in [-0.05, 0) is 103 Å². The lowest BCUT2D eigenvalue weighted by atomic mass is 9.94. The highest BCUT2D eigenvalue weighted by molar-refractivity contribution is 7.81. The molecule has 0 radical (unpaired) electrons. The van der Waals surface area contributed by atoms with Crippen LogP contribution in [-0.4, -0.2) is 29.5 Å². The van der Waals surface area contributed by atoms with Gasteiger partial charge in [0.25, 0.3) is 11.8 Å². The molecule has 0 aromatic heterocycles. The number of rotatable bonds is 3. The molecule has 2 fully saturated rings. The summed E-state index contributed by atoms with van der Waals surface area (Å²) in [5.74, 6) is 128. The van der Waals surface area contributed by atoms with Crippen molar-refractivity contribution in [1.29, 1.82) is 5.26 Å². The van der Waals surface area contributed by atoms with Crippen molar-refractivity contribution in [3.05, 3.63) is 64.8 Å². The minimum Gasteiger partial charge on any atom is -0.355 e. The maximum Gasteiger partial charge on any atom is 0.407 e. The first-order valence-electron chi connectivity index (χ1n) is 24.1. The lowest BCUT2D eigenvalue weighted by Gasteiger charge is -2.32. The summed E-state index contributed by atoms with van der Waals surface area (Å²) in [6.07, 6.45) is 2.27. The molecule has 2 amide bonds. The topological polar surface area (TPSA) is 80.8 Å². The van der Waals surface area contributed by atoms with Crippen LogP contribution in [-0.2, 0) is 11.0 Å². The molecule has 1 aliphatic carbocycles. The summed E-state index contributed by atoms with van der Waals surface area (Å²) >= 11 is 5.55. The van der Waals surface area contributed by atoms with Crippen LogP contribution < -0.4 is 15.1 Å². The fourth-order valence-corrected chi connectivity index (χ4v) is 6.70. The number of amides is 2. The lowest BCUT2D eigenvalue weighted by Crippen LogP contribution is -2.47. The molecule has 402 valence electrons. The van der Waals surface area contributed by atoms with Crippen LogP contribution in [0.2, 0.25) is 0 Å². The van der Waals surface area contributed by atoms with Crippen molar-refractivity contribution in [2.45, 2.75) is 37.4 Å². The van der Waals surface area contributed by atoms with Crippen LogP contribution in [0.4, 0.5) is 34.6 Å². The average Bonchev–Trinajstić information content (AvgIpc) is 1.56. The lowest BCUT2D eigenvalue weighted by molar-refractivity contribution is -0.136. The number of benzene rings is 2. The van der Waals surface area contributed by atoms with E-state index >= 15 is 0 Å². The Labute approximate surface area is 526 Å². The van der Waals surface area contributed by atoms with Gasteiger partial charge in [0.2, 0.25) is 0 Å². The molecule has 0 bridgehead atoms. The molecule has 2 aromatic carbocycles. The number of terminal acetylenes is 1. The first kappa shape index (κ1) is 68.4. The molecular formula is C78H19F4N5O2S. The molecule has 1 spiro atoms. The molecule has 0 atom stereocenters. The highest BCUT2D eigenvalue weighted by Crippen LogP contribution is 2.47. The van der Waals surface area contributed by atoms with Crippen LogP contribution in [0.25, 0.3) is 4.85 Å². The third-order valence-corrected chi connectivity index (χ3v) is 9.87. The average molecular weight is 1170 g/mol. The fraction of sp³-hybridized carbons (Fsp3) is 0.0897. The van der Waals surface area contributed by atoms with Crippen LogP contribution in [0.3, 0.4) is 0 Å². The molecule has 1 N–H and O–H groups in total. The zero-order chi connectivity index (χ0) is 65.0. The van der Waals surface area contributed by atoms with Gasteiger partial charge in [-0.15, -0.1) is 6.42 Å². The van der Waals surface area contributed by atoms with E-state index in [2.05, 4.69) is 324 Å². The van der Waals surface area contributed by atoms with Crippen molar-refractivity contribution in [3.63, 3.8) is 0 Å². The third-order valence-electron chi connectivity index (χ3n) is 9.50. The normalized spacial score (nSPS) is 9.00. The molecule has 4 rings (SSSR count). The maximum absolute atomic E-state index is 14.7. The van der Waals surface area contributed by atoms with Crippen molar-refractivity contribution < 1.29 is 27.2 Å². The Morgan fingerprint density at radius 2 is 0.822 bits per heavy atom. The van der Waals surface area contributed by atoms with E-state index in [1.165, 1.54) is 30.1 Å². The Morgan fingerprint density at radius 1 is 0.522 bits per heavy atom. The molecule has 1 saturated carbocycles. The van der Waals surface area contributed by atoms with Gasteiger partial charge >= 0.3 is 6.18 Å². The summed E-state index contributed by atoms with van der Waals surface area (Å²) < 4.78 is 55.4. The Kier molecular flexibility index (Phi) is 31.9. The summed E-state index contributed by atoms with van der Waals surface area (Å²) in [6.45, 7) is 7.03. The monoisotopic (exact) mass is 1170 g/mol. The Balaban J connectivity index is 0.000000524. The van der Waals surface area contributed by atoms with Gasteiger partial charge in [0.05, 0.1) is 17.7 Å². The minimum absolute atomic E-state index is 0.0947. The molecule has 2 aromatic rings. The SMILES string of the molecule is C#CC#CC#CC#CC#CC#CC#CC#CC#CC#CC#CC#CC#CC#CC#CC#CC#CC#CC#CC#CC#CC#CC#CC#CC#CC#CC#CC#N.[C-]#[N+]c1ccc(N2C(=O)C3(CCCC3)N(c3ccc(C(=O)NC)c(F)c3)C2=S)cc1C(F)(F)F. The zero-order valence-corrected chi connectivity index (χ0v) is 46.7. The van der Waals surface area contributed by atoms with Gasteiger partial charge < -0.3 is 10.2 Å². The second kappa shape index (κ2) is 42.0. The number of carbonyl (C=O) groups is 2. The van der Waals surface area contributed by atoms with Crippen LogP contribution >= 0.6 is 12.2 Å². The summed E-state index contributed by atoms with van der Waals surface area (Å²) in [5, 5.41) is 10.4. The van der Waals surface area contributed by atoms with Crippen molar-refractivity contribution in [2.75, 3.05) is 16.8 Å². The van der Waals surface area contributed by atoms with E-state index in [-0.39, 0.29) is 22.1 Å². The highest BCUT2D eigenvalue weighted by atomic mass is 32.1. The smallest absolute Gasteiger partial charge is 0.355 e. The summed E-state index contributed by atoms with van der Waals surface area (Å²) in [7, 11) is 1.36. The number of hydrogen-bond donors (Lipinski definition) is 1. The molecule has 2 aliphatic rings. The number of anilines is 2. The Hall–Kier alpha value is -15.9. The number of thiocarbonyl (C=S) groups is 1. The highest BCUT2D eigenvalue weighted by Gasteiger charge is 2.57. The number of halogens is 4. The van der Waals surface area contributed by atoms with Crippen LogP contribution in [0.5, 0.6) is 0 Å². The summed E-state index contributed by atoms with van der Waals surface area (Å²) in [6, 6.07) is 8.43.